The van der Waals surface area contributed by atoms with Gasteiger partial charge in [-0.25, -0.2) is 0 Å². The Hall–Kier alpha value is 0.350. The standard InChI is InChI=1S/C13H24S/c1-8(2)11-5-10-6-12(11)13(7-10)14-9(3)4/h8-13H,5-7H2,1-4H3/t10-,11?,12-,13?/m0/s1. The first-order valence-corrected chi connectivity index (χ1v) is 7.17. The van der Waals surface area contributed by atoms with E-state index in [-0.39, 0.29) is 0 Å². The van der Waals surface area contributed by atoms with Gasteiger partial charge >= 0.3 is 0 Å². The molecule has 0 aromatic carbocycles. The molecule has 0 spiro atoms. The molecule has 0 nitrogen and oxygen atoms in total. The van der Waals surface area contributed by atoms with Gasteiger partial charge in [0, 0.05) is 5.25 Å². The van der Waals surface area contributed by atoms with Crippen molar-refractivity contribution in [2.24, 2.45) is 23.7 Å². The number of hydrogen-bond acceptors (Lipinski definition) is 1. The van der Waals surface area contributed by atoms with Gasteiger partial charge in [-0.2, -0.15) is 11.8 Å². The van der Waals surface area contributed by atoms with Crippen molar-refractivity contribution in [1.29, 1.82) is 0 Å². The van der Waals surface area contributed by atoms with Gasteiger partial charge in [-0.05, 0) is 48.2 Å². The van der Waals surface area contributed by atoms with E-state index in [2.05, 4.69) is 39.5 Å². The van der Waals surface area contributed by atoms with E-state index in [4.69, 9.17) is 0 Å². The first-order chi connectivity index (χ1) is 6.58. The van der Waals surface area contributed by atoms with Crippen LogP contribution < -0.4 is 0 Å². The summed E-state index contributed by atoms with van der Waals surface area (Å²) in [7, 11) is 0. The summed E-state index contributed by atoms with van der Waals surface area (Å²) in [6, 6.07) is 0. The largest absolute Gasteiger partial charge is 0.155 e. The normalized spacial score (nSPS) is 41.6. The predicted octanol–water partition coefficient (Wildman–Crippen LogP) is 4.20. The van der Waals surface area contributed by atoms with E-state index in [9.17, 15) is 0 Å². The zero-order valence-electron chi connectivity index (χ0n) is 9.99. The van der Waals surface area contributed by atoms with Crippen LogP contribution in [0.2, 0.25) is 0 Å². The maximum atomic E-state index is 2.42. The number of thioether (sulfide) groups is 1. The summed E-state index contributed by atoms with van der Waals surface area (Å²) >= 11 is 2.25. The number of hydrogen-bond donors (Lipinski definition) is 0. The van der Waals surface area contributed by atoms with Crippen molar-refractivity contribution in [1.82, 2.24) is 0 Å². The molecule has 2 unspecified atom stereocenters. The first-order valence-electron chi connectivity index (χ1n) is 6.23. The van der Waals surface area contributed by atoms with Gasteiger partial charge in [-0.15, -0.1) is 0 Å². The summed E-state index contributed by atoms with van der Waals surface area (Å²) in [5, 5.41) is 1.83. The van der Waals surface area contributed by atoms with E-state index >= 15 is 0 Å². The van der Waals surface area contributed by atoms with Crippen molar-refractivity contribution in [2.75, 3.05) is 0 Å². The third-order valence-electron chi connectivity index (χ3n) is 4.11. The maximum Gasteiger partial charge on any atom is 0.00833 e. The highest BCUT2D eigenvalue weighted by Crippen LogP contribution is 2.55. The highest BCUT2D eigenvalue weighted by molar-refractivity contribution is 8.00. The van der Waals surface area contributed by atoms with E-state index in [1.807, 2.05) is 0 Å². The Labute approximate surface area is 93.2 Å². The molecule has 2 rings (SSSR count). The highest BCUT2D eigenvalue weighted by atomic mass is 32.2. The molecule has 1 heteroatoms. The van der Waals surface area contributed by atoms with Gasteiger partial charge in [-0.1, -0.05) is 27.7 Å². The van der Waals surface area contributed by atoms with E-state index in [0.29, 0.717) is 0 Å². The lowest BCUT2D eigenvalue weighted by atomic mass is 9.81. The Morgan fingerprint density at radius 2 is 1.71 bits per heavy atom. The lowest BCUT2D eigenvalue weighted by Crippen LogP contribution is -2.26. The number of fused-ring (bicyclic) bond motifs is 2. The first kappa shape index (κ1) is 10.9. The van der Waals surface area contributed by atoms with Crippen LogP contribution in [0.4, 0.5) is 0 Å². The summed E-state index contributed by atoms with van der Waals surface area (Å²) in [4.78, 5) is 0. The molecule has 0 saturated heterocycles. The third kappa shape index (κ3) is 1.98. The Morgan fingerprint density at radius 3 is 2.21 bits per heavy atom. The molecule has 0 aliphatic heterocycles. The van der Waals surface area contributed by atoms with Crippen LogP contribution in [0.25, 0.3) is 0 Å². The minimum atomic E-state index is 0.826. The summed E-state index contributed by atoms with van der Waals surface area (Å²) in [6.07, 6.45) is 4.61. The lowest BCUT2D eigenvalue weighted by Gasteiger charge is -2.32. The third-order valence-corrected chi connectivity index (χ3v) is 5.54. The molecule has 82 valence electrons. The van der Waals surface area contributed by atoms with E-state index in [1.54, 1.807) is 6.42 Å². The Balaban J connectivity index is 1.97. The molecule has 2 bridgehead atoms. The van der Waals surface area contributed by atoms with Crippen molar-refractivity contribution in [3.05, 3.63) is 0 Å². The topological polar surface area (TPSA) is 0 Å². The van der Waals surface area contributed by atoms with Crippen LogP contribution in [0, 0.1) is 23.7 Å². The van der Waals surface area contributed by atoms with Crippen molar-refractivity contribution in [2.45, 2.75) is 57.5 Å². The Kier molecular flexibility index (Phi) is 3.16. The molecular weight excluding hydrogens is 188 g/mol. The molecule has 0 radical (unpaired) electrons. The number of rotatable bonds is 3. The molecule has 0 aromatic rings. The van der Waals surface area contributed by atoms with E-state index in [1.165, 1.54) is 12.8 Å². The van der Waals surface area contributed by atoms with Crippen LogP contribution in [0.5, 0.6) is 0 Å². The lowest BCUT2D eigenvalue weighted by molar-refractivity contribution is 0.262. The van der Waals surface area contributed by atoms with Crippen LogP contribution in [-0.4, -0.2) is 10.5 Å². The molecule has 2 aliphatic rings. The molecule has 0 aromatic heterocycles. The molecule has 2 aliphatic carbocycles. The van der Waals surface area contributed by atoms with Gasteiger partial charge < -0.3 is 0 Å². The van der Waals surface area contributed by atoms with Crippen LogP contribution in [-0.2, 0) is 0 Å². The minimum absolute atomic E-state index is 0.826. The fraction of sp³-hybridized carbons (Fsp3) is 1.00. The fourth-order valence-electron chi connectivity index (χ4n) is 3.61. The van der Waals surface area contributed by atoms with Gasteiger partial charge in [-0.3, -0.25) is 0 Å². The van der Waals surface area contributed by atoms with E-state index in [0.717, 1.165) is 34.2 Å². The maximum absolute atomic E-state index is 2.42. The smallest absolute Gasteiger partial charge is 0.00833 e. The van der Waals surface area contributed by atoms with Crippen LogP contribution in [0.3, 0.4) is 0 Å². The van der Waals surface area contributed by atoms with Gasteiger partial charge in [0.2, 0.25) is 0 Å². The fourth-order valence-corrected chi connectivity index (χ4v) is 5.21. The quantitative estimate of drug-likeness (QED) is 0.675. The monoisotopic (exact) mass is 212 g/mol. The van der Waals surface area contributed by atoms with Gasteiger partial charge in [0.1, 0.15) is 0 Å². The zero-order valence-corrected chi connectivity index (χ0v) is 10.8. The van der Waals surface area contributed by atoms with E-state index < -0.39 is 0 Å². The second-order valence-electron chi connectivity index (χ2n) is 5.87. The van der Waals surface area contributed by atoms with Gasteiger partial charge in [0.15, 0.2) is 0 Å². The van der Waals surface area contributed by atoms with Gasteiger partial charge in [0.25, 0.3) is 0 Å². The summed E-state index contributed by atoms with van der Waals surface area (Å²) < 4.78 is 0. The van der Waals surface area contributed by atoms with Gasteiger partial charge in [0.05, 0.1) is 0 Å². The summed E-state index contributed by atoms with van der Waals surface area (Å²) in [6.45, 7) is 9.53. The van der Waals surface area contributed by atoms with Crippen molar-refractivity contribution in [3.63, 3.8) is 0 Å². The molecule has 2 fully saturated rings. The van der Waals surface area contributed by atoms with Crippen molar-refractivity contribution < 1.29 is 0 Å². The predicted molar refractivity (Wildman–Crippen MR) is 65.7 cm³/mol. The zero-order chi connectivity index (χ0) is 10.3. The molecule has 14 heavy (non-hydrogen) atoms. The molecule has 2 saturated carbocycles. The van der Waals surface area contributed by atoms with Crippen molar-refractivity contribution >= 4 is 11.8 Å². The van der Waals surface area contributed by atoms with Crippen LogP contribution >= 0.6 is 11.8 Å². The molecule has 0 heterocycles. The molecule has 4 atom stereocenters. The Bertz CT molecular complexity index is 195. The highest BCUT2D eigenvalue weighted by Gasteiger charge is 2.47. The summed E-state index contributed by atoms with van der Waals surface area (Å²) in [5.74, 6) is 4.11. The van der Waals surface area contributed by atoms with Crippen LogP contribution in [0.15, 0.2) is 0 Å². The summed E-state index contributed by atoms with van der Waals surface area (Å²) in [5.41, 5.74) is 0. The molecule has 0 N–H and O–H groups in total. The average Bonchev–Trinajstić information content (AvgIpc) is 2.60. The second-order valence-corrected chi connectivity index (χ2v) is 7.69. The van der Waals surface area contributed by atoms with Crippen molar-refractivity contribution in [3.8, 4) is 0 Å². The average molecular weight is 212 g/mol. The minimum Gasteiger partial charge on any atom is -0.155 e. The molecule has 0 amide bonds. The molecular formula is C13H24S. The second kappa shape index (κ2) is 4.08. The van der Waals surface area contributed by atoms with Crippen LogP contribution in [0.1, 0.15) is 47.0 Å². The SMILES string of the molecule is CC(C)SC1C[C@H]2CC(C(C)C)[C@@H]1C2. The Morgan fingerprint density at radius 1 is 1.00 bits per heavy atom.